The zero-order valence-corrected chi connectivity index (χ0v) is 16.7. The Bertz CT molecular complexity index is 996. The van der Waals surface area contributed by atoms with Gasteiger partial charge in [0.15, 0.2) is 0 Å². The second-order valence-electron chi connectivity index (χ2n) is 6.02. The number of carbonyl (C=O) groups excluding carboxylic acids is 2. The summed E-state index contributed by atoms with van der Waals surface area (Å²) >= 11 is 0. The Hall–Kier alpha value is -3.13. The van der Waals surface area contributed by atoms with Crippen molar-refractivity contribution in [3.63, 3.8) is 0 Å². The summed E-state index contributed by atoms with van der Waals surface area (Å²) in [6.45, 7) is 5.64. The highest BCUT2D eigenvalue weighted by Crippen LogP contribution is 2.21. The van der Waals surface area contributed by atoms with E-state index in [2.05, 4.69) is 14.8 Å². The SMILES string of the molecule is CCOC(=O)C=CC(=O)Nc1ccc(S(=O)(=O)Nc2ccc(C)cc2C)cc1. The van der Waals surface area contributed by atoms with Gasteiger partial charge in [0.05, 0.1) is 17.2 Å². The number of rotatable bonds is 7. The number of ether oxygens (including phenoxy) is 1. The lowest BCUT2D eigenvalue weighted by Crippen LogP contribution is -2.14. The molecule has 8 heteroatoms. The number of sulfonamides is 1. The van der Waals surface area contributed by atoms with E-state index in [1.807, 2.05) is 26.0 Å². The third kappa shape index (κ3) is 5.95. The first-order valence-corrected chi connectivity index (χ1v) is 10.1. The quantitative estimate of drug-likeness (QED) is 0.547. The first kappa shape index (κ1) is 21.2. The van der Waals surface area contributed by atoms with Gasteiger partial charge in [-0.25, -0.2) is 13.2 Å². The Morgan fingerprint density at radius 3 is 2.32 bits per heavy atom. The van der Waals surface area contributed by atoms with Crippen LogP contribution in [0.2, 0.25) is 0 Å². The van der Waals surface area contributed by atoms with Crippen LogP contribution < -0.4 is 10.0 Å². The van der Waals surface area contributed by atoms with Crippen LogP contribution in [0.15, 0.2) is 59.5 Å². The van der Waals surface area contributed by atoms with E-state index in [1.165, 1.54) is 24.3 Å². The lowest BCUT2D eigenvalue weighted by atomic mass is 10.1. The number of carbonyl (C=O) groups is 2. The van der Waals surface area contributed by atoms with Crippen molar-refractivity contribution < 1.29 is 22.7 Å². The minimum Gasteiger partial charge on any atom is -0.463 e. The molecule has 0 aliphatic rings. The molecule has 2 aromatic carbocycles. The average molecular weight is 402 g/mol. The van der Waals surface area contributed by atoms with Crippen molar-refractivity contribution in [3.05, 3.63) is 65.7 Å². The van der Waals surface area contributed by atoms with E-state index in [0.717, 1.165) is 23.3 Å². The Balaban J connectivity index is 2.06. The molecule has 28 heavy (non-hydrogen) atoms. The van der Waals surface area contributed by atoms with Gasteiger partial charge < -0.3 is 10.1 Å². The second-order valence-corrected chi connectivity index (χ2v) is 7.71. The Kier molecular flexibility index (Phi) is 6.94. The lowest BCUT2D eigenvalue weighted by Gasteiger charge is -2.11. The van der Waals surface area contributed by atoms with Gasteiger partial charge in [-0.1, -0.05) is 17.7 Å². The molecule has 2 rings (SSSR count). The highest BCUT2D eigenvalue weighted by atomic mass is 32.2. The predicted molar refractivity (Wildman–Crippen MR) is 108 cm³/mol. The fraction of sp³-hybridized carbons (Fsp3) is 0.200. The van der Waals surface area contributed by atoms with Gasteiger partial charge in [0, 0.05) is 17.8 Å². The second kappa shape index (κ2) is 9.18. The van der Waals surface area contributed by atoms with E-state index in [1.54, 1.807) is 13.0 Å². The summed E-state index contributed by atoms with van der Waals surface area (Å²) in [5.41, 5.74) is 2.76. The van der Waals surface area contributed by atoms with Crippen LogP contribution in [0.25, 0.3) is 0 Å². The molecule has 0 radical (unpaired) electrons. The molecule has 1 amide bonds. The predicted octanol–water partition coefficient (Wildman–Crippen LogP) is 3.16. The lowest BCUT2D eigenvalue weighted by molar-refractivity contribution is -0.137. The van der Waals surface area contributed by atoms with E-state index in [0.29, 0.717) is 11.4 Å². The summed E-state index contributed by atoms with van der Waals surface area (Å²) in [6, 6.07) is 11.1. The van der Waals surface area contributed by atoms with Crippen LogP contribution >= 0.6 is 0 Å². The number of amides is 1. The first-order valence-electron chi connectivity index (χ1n) is 8.57. The fourth-order valence-corrected chi connectivity index (χ4v) is 3.50. The molecule has 0 spiro atoms. The molecule has 0 aromatic heterocycles. The van der Waals surface area contributed by atoms with Crippen LogP contribution in [0.5, 0.6) is 0 Å². The standard InChI is InChI=1S/C20H22N2O5S/c1-4-27-20(24)12-11-19(23)21-16-6-8-17(9-7-16)28(25,26)22-18-10-5-14(2)13-15(18)3/h5-13,22H,4H2,1-3H3,(H,21,23). The number of hydrogen-bond acceptors (Lipinski definition) is 5. The summed E-state index contributed by atoms with van der Waals surface area (Å²) in [5, 5.41) is 2.53. The first-order chi connectivity index (χ1) is 13.2. The van der Waals surface area contributed by atoms with Gasteiger partial charge in [0.1, 0.15) is 0 Å². The minimum atomic E-state index is -3.76. The summed E-state index contributed by atoms with van der Waals surface area (Å²) in [6.07, 6.45) is 2.07. The van der Waals surface area contributed by atoms with Gasteiger partial charge in [-0.05, 0) is 56.7 Å². The van der Waals surface area contributed by atoms with E-state index < -0.39 is 21.9 Å². The number of anilines is 2. The monoisotopic (exact) mass is 402 g/mol. The summed E-state index contributed by atoms with van der Waals surface area (Å²) < 4.78 is 32.3. The zero-order chi connectivity index (χ0) is 20.7. The van der Waals surface area contributed by atoms with Crippen molar-refractivity contribution in [3.8, 4) is 0 Å². The van der Waals surface area contributed by atoms with Gasteiger partial charge in [-0.15, -0.1) is 0 Å². The maximum absolute atomic E-state index is 12.6. The van der Waals surface area contributed by atoms with E-state index in [4.69, 9.17) is 0 Å². The number of aryl methyl sites for hydroxylation is 2. The average Bonchev–Trinajstić information content (AvgIpc) is 2.63. The molecular formula is C20H22N2O5S. The molecule has 0 heterocycles. The Morgan fingerprint density at radius 1 is 1.04 bits per heavy atom. The summed E-state index contributed by atoms with van der Waals surface area (Å²) in [7, 11) is -3.76. The van der Waals surface area contributed by atoms with Crippen molar-refractivity contribution >= 4 is 33.3 Å². The van der Waals surface area contributed by atoms with Gasteiger partial charge in [0.2, 0.25) is 5.91 Å². The third-order valence-electron chi connectivity index (χ3n) is 3.72. The van der Waals surface area contributed by atoms with Gasteiger partial charge in [-0.2, -0.15) is 0 Å². The molecule has 0 saturated heterocycles. The fourth-order valence-electron chi connectivity index (χ4n) is 2.37. The maximum Gasteiger partial charge on any atom is 0.330 e. The normalized spacial score (nSPS) is 11.2. The number of benzene rings is 2. The molecule has 2 aromatic rings. The highest BCUT2D eigenvalue weighted by Gasteiger charge is 2.15. The summed E-state index contributed by atoms with van der Waals surface area (Å²) in [4.78, 5) is 23.0. The largest absolute Gasteiger partial charge is 0.463 e. The molecule has 0 aliphatic heterocycles. The molecular weight excluding hydrogens is 380 g/mol. The Morgan fingerprint density at radius 2 is 1.71 bits per heavy atom. The van der Waals surface area contributed by atoms with Crippen LogP contribution in [0.1, 0.15) is 18.1 Å². The highest BCUT2D eigenvalue weighted by molar-refractivity contribution is 7.92. The number of nitrogens with one attached hydrogen (secondary N) is 2. The minimum absolute atomic E-state index is 0.0625. The molecule has 2 N–H and O–H groups in total. The van der Waals surface area contributed by atoms with Crippen molar-refractivity contribution in [1.29, 1.82) is 0 Å². The van der Waals surface area contributed by atoms with Crippen LogP contribution in [0.4, 0.5) is 11.4 Å². The van der Waals surface area contributed by atoms with Gasteiger partial charge in [0.25, 0.3) is 10.0 Å². The van der Waals surface area contributed by atoms with Crippen LogP contribution in [-0.4, -0.2) is 26.9 Å². The molecule has 7 nitrogen and oxygen atoms in total. The topological polar surface area (TPSA) is 102 Å². The van der Waals surface area contributed by atoms with E-state index in [9.17, 15) is 18.0 Å². The van der Waals surface area contributed by atoms with Crippen LogP contribution in [-0.2, 0) is 24.3 Å². The van der Waals surface area contributed by atoms with Gasteiger partial charge in [-0.3, -0.25) is 9.52 Å². The number of esters is 1. The smallest absolute Gasteiger partial charge is 0.330 e. The van der Waals surface area contributed by atoms with E-state index >= 15 is 0 Å². The third-order valence-corrected chi connectivity index (χ3v) is 5.10. The molecule has 148 valence electrons. The summed E-state index contributed by atoms with van der Waals surface area (Å²) in [5.74, 6) is -1.14. The molecule has 0 aliphatic carbocycles. The number of hydrogen-bond donors (Lipinski definition) is 2. The van der Waals surface area contributed by atoms with Gasteiger partial charge >= 0.3 is 5.97 Å². The van der Waals surface area contributed by atoms with Crippen LogP contribution in [0.3, 0.4) is 0 Å². The molecule has 0 unspecified atom stereocenters. The molecule has 0 saturated carbocycles. The van der Waals surface area contributed by atoms with Crippen molar-refractivity contribution in [1.82, 2.24) is 0 Å². The van der Waals surface area contributed by atoms with E-state index in [-0.39, 0.29) is 11.5 Å². The van der Waals surface area contributed by atoms with Crippen molar-refractivity contribution in [2.75, 3.05) is 16.6 Å². The molecule has 0 bridgehead atoms. The zero-order valence-electron chi connectivity index (χ0n) is 15.9. The Labute approximate surface area is 164 Å². The molecule has 0 atom stereocenters. The molecule has 0 fully saturated rings. The van der Waals surface area contributed by atoms with Crippen LogP contribution in [0, 0.1) is 13.8 Å². The van der Waals surface area contributed by atoms with Crippen molar-refractivity contribution in [2.24, 2.45) is 0 Å². The van der Waals surface area contributed by atoms with Crippen molar-refractivity contribution in [2.45, 2.75) is 25.7 Å². The maximum atomic E-state index is 12.6.